The van der Waals surface area contributed by atoms with Gasteiger partial charge in [-0.3, -0.25) is 0 Å². The number of thioether (sulfide) groups is 1. The van der Waals surface area contributed by atoms with Gasteiger partial charge in [-0.2, -0.15) is 0 Å². The van der Waals surface area contributed by atoms with Crippen LogP contribution in [-0.2, 0) is 0 Å². The molecule has 0 spiro atoms. The molecule has 0 aliphatic rings. The zero-order valence-electron chi connectivity index (χ0n) is 10.3. The topological polar surface area (TPSA) is 51.6 Å². The van der Waals surface area contributed by atoms with Crippen molar-refractivity contribution in [1.29, 1.82) is 0 Å². The lowest BCUT2D eigenvalue weighted by Crippen LogP contribution is -1.85. The Hall–Kier alpha value is -0.850. The van der Waals surface area contributed by atoms with Crippen molar-refractivity contribution in [3.05, 3.63) is 35.9 Å². The van der Waals surface area contributed by atoms with E-state index in [9.17, 15) is 0 Å². The Bertz CT molecular complexity index is 450. The van der Waals surface area contributed by atoms with Gasteiger partial charge in [0.25, 0.3) is 0 Å². The SMILES string of the molecule is CSc1nccc(C)n1.Cc1ccnc(SCl)n1. The van der Waals surface area contributed by atoms with Gasteiger partial charge in [0, 0.05) is 34.8 Å². The molecule has 2 heterocycles. The van der Waals surface area contributed by atoms with Crippen LogP contribution in [0.25, 0.3) is 0 Å². The molecule has 0 fully saturated rings. The van der Waals surface area contributed by atoms with Crippen molar-refractivity contribution in [1.82, 2.24) is 19.9 Å². The van der Waals surface area contributed by atoms with Gasteiger partial charge < -0.3 is 0 Å². The smallest absolute Gasteiger partial charge is 0.203 e. The molecular weight excluding hydrogens is 288 g/mol. The average molecular weight is 301 g/mol. The van der Waals surface area contributed by atoms with Crippen molar-refractivity contribution < 1.29 is 0 Å². The van der Waals surface area contributed by atoms with Crippen LogP contribution in [-0.4, -0.2) is 26.2 Å². The van der Waals surface area contributed by atoms with E-state index in [0.717, 1.165) is 27.5 Å². The quantitative estimate of drug-likeness (QED) is 0.624. The van der Waals surface area contributed by atoms with Gasteiger partial charge in [-0.05, 0) is 42.9 Å². The van der Waals surface area contributed by atoms with Gasteiger partial charge in [-0.15, -0.1) is 0 Å². The summed E-state index contributed by atoms with van der Waals surface area (Å²) in [6, 6.07) is 3.72. The number of hydrogen-bond acceptors (Lipinski definition) is 6. The van der Waals surface area contributed by atoms with Crippen molar-refractivity contribution in [2.45, 2.75) is 24.2 Å². The Morgan fingerprint density at radius 2 is 1.44 bits per heavy atom. The molecule has 4 nitrogen and oxygen atoms in total. The lowest BCUT2D eigenvalue weighted by Gasteiger charge is -1.92. The van der Waals surface area contributed by atoms with E-state index in [4.69, 9.17) is 10.7 Å². The van der Waals surface area contributed by atoms with Gasteiger partial charge >= 0.3 is 0 Å². The summed E-state index contributed by atoms with van der Waals surface area (Å²) in [7, 11) is 6.42. The third-order valence-electron chi connectivity index (χ3n) is 1.80. The maximum absolute atomic E-state index is 5.39. The number of halogens is 1. The van der Waals surface area contributed by atoms with E-state index in [1.807, 2.05) is 32.2 Å². The molecule has 2 aromatic rings. The molecule has 0 radical (unpaired) electrons. The molecule has 2 rings (SSSR count). The van der Waals surface area contributed by atoms with Gasteiger partial charge in [0.05, 0.1) is 0 Å². The highest BCUT2D eigenvalue weighted by Gasteiger charge is 1.92. The average Bonchev–Trinajstić information content (AvgIpc) is 2.39. The maximum atomic E-state index is 5.39. The first-order valence-corrected chi connectivity index (χ1v) is 7.94. The highest BCUT2D eigenvalue weighted by atomic mass is 35.7. The zero-order chi connectivity index (χ0) is 13.4. The van der Waals surface area contributed by atoms with E-state index >= 15 is 0 Å². The number of rotatable bonds is 2. The van der Waals surface area contributed by atoms with Gasteiger partial charge in [0.2, 0.25) is 5.16 Å². The van der Waals surface area contributed by atoms with E-state index in [0.29, 0.717) is 5.16 Å². The van der Waals surface area contributed by atoms with Crippen LogP contribution in [0.1, 0.15) is 11.4 Å². The van der Waals surface area contributed by atoms with Crippen molar-refractivity contribution in [3.63, 3.8) is 0 Å². The Balaban J connectivity index is 0.000000180. The monoisotopic (exact) mass is 300 g/mol. The summed E-state index contributed by atoms with van der Waals surface area (Å²) in [6.45, 7) is 3.86. The summed E-state index contributed by atoms with van der Waals surface area (Å²) >= 11 is 1.56. The highest BCUT2D eigenvalue weighted by Crippen LogP contribution is 2.15. The molecule has 0 aliphatic heterocycles. The number of aryl methyl sites for hydroxylation is 2. The van der Waals surface area contributed by atoms with Crippen molar-refractivity contribution in [3.8, 4) is 0 Å². The summed E-state index contributed by atoms with van der Waals surface area (Å²) < 4.78 is 0. The van der Waals surface area contributed by atoms with E-state index in [-0.39, 0.29) is 0 Å². The molecule has 0 aromatic carbocycles. The van der Waals surface area contributed by atoms with Crippen LogP contribution in [0.4, 0.5) is 0 Å². The second kappa shape index (κ2) is 8.29. The first kappa shape index (κ1) is 15.2. The molecule has 0 saturated carbocycles. The Labute approximate surface area is 120 Å². The molecule has 0 saturated heterocycles. The van der Waals surface area contributed by atoms with Gasteiger partial charge in [-0.1, -0.05) is 11.8 Å². The lowest BCUT2D eigenvalue weighted by atomic mass is 10.5. The number of hydrogen-bond donors (Lipinski definition) is 0. The van der Waals surface area contributed by atoms with E-state index in [1.54, 1.807) is 24.2 Å². The molecule has 0 aliphatic carbocycles. The Morgan fingerprint density at radius 1 is 0.944 bits per heavy atom. The second-order valence-corrected chi connectivity index (χ2v) is 5.00. The summed E-state index contributed by atoms with van der Waals surface area (Å²) in [6.07, 6.45) is 5.43. The first-order chi connectivity index (χ1) is 8.65. The molecule has 0 unspecified atom stereocenters. The molecular formula is C11H13ClN4S2. The van der Waals surface area contributed by atoms with Gasteiger partial charge in [-0.25, -0.2) is 19.9 Å². The van der Waals surface area contributed by atoms with E-state index in [2.05, 4.69) is 19.9 Å². The molecule has 2 aromatic heterocycles. The summed E-state index contributed by atoms with van der Waals surface area (Å²) in [5.41, 5.74) is 1.96. The second-order valence-electron chi connectivity index (χ2n) is 3.24. The van der Waals surface area contributed by atoms with Crippen molar-refractivity contribution in [2.75, 3.05) is 6.26 Å². The van der Waals surface area contributed by atoms with Crippen molar-refractivity contribution in [2.24, 2.45) is 0 Å². The van der Waals surface area contributed by atoms with Gasteiger partial charge in [0.1, 0.15) is 0 Å². The van der Waals surface area contributed by atoms with E-state index < -0.39 is 0 Å². The van der Waals surface area contributed by atoms with Crippen LogP contribution in [0.2, 0.25) is 0 Å². The molecule has 0 atom stereocenters. The van der Waals surface area contributed by atoms with Crippen LogP contribution >= 0.6 is 33.4 Å². The number of aromatic nitrogens is 4. The molecule has 0 amide bonds. The predicted molar refractivity (Wildman–Crippen MR) is 77.0 cm³/mol. The molecule has 0 N–H and O–H groups in total. The third kappa shape index (κ3) is 5.66. The Kier molecular flexibility index (Phi) is 7.00. The van der Waals surface area contributed by atoms with Gasteiger partial charge in [0.15, 0.2) is 5.16 Å². The van der Waals surface area contributed by atoms with E-state index in [1.165, 1.54) is 0 Å². The fraction of sp³-hybridized carbons (Fsp3) is 0.273. The minimum Gasteiger partial charge on any atom is -0.231 e. The summed E-state index contributed by atoms with van der Waals surface area (Å²) in [5, 5.41) is 1.45. The molecule has 7 heteroatoms. The highest BCUT2D eigenvalue weighted by molar-refractivity contribution is 8.21. The minimum absolute atomic E-state index is 0.608. The summed E-state index contributed by atoms with van der Waals surface area (Å²) in [4.78, 5) is 16.0. The van der Waals surface area contributed by atoms with Crippen LogP contribution in [0.15, 0.2) is 34.8 Å². The predicted octanol–water partition coefficient (Wildman–Crippen LogP) is 3.54. The normalized spacial score (nSPS) is 9.56. The summed E-state index contributed by atoms with van der Waals surface area (Å²) in [5.74, 6) is 0. The zero-order valence-corrected chi connectivity index (χ0v) is 12.7. The largest absolute Gasteiger partial charge is 0.231 e. The first-order valence-electron chi connectivity index (χ1n) is 5.07. The van der Waals surface area contributed by atoms with Crippen LogP contribution in [0.3, 0.4) is 0 Å². The van der Waals surface area contributed by atoms with Crippen LogP contribution < -0.4 is 0 Å². The standard InChI is InChI=1S/C6H8N2S.C5H5ClN2S/c1-5-3-4-7-6(8-5)9-2;1-4-2-3-7-5(8-4)9-6/h3-4H,1-2H3;2-3H,1H3. The third-order valence-corrected chi connectivity index (χ3v) is 3.11. The molecule has 0 bridgehead atoms. The fourth-order valence-electron chi connectivity index (χ4n) is 0.987. The maximum Gasteiger partial charge on any atom is 0.203 e. The van der Waals surface area contributed by atoms with Crippen molar-refractivity contribution >= 4 is 33.4 Å². The molecule has 18 heavy (non-hydrogen) atoms. The number of nitrogens with zero attached hydrogens (tertiary/aromatic N) is 4. The lowest BCUT2D eigenvalue weighted by molar-refractivity contribution is 0.935. The fourth-order valence-corrected chi connectivity index (χ4v) is 1.89. The Morgan fingerprint density at radius 3 is 1.78 bits per heavy atom. The molecule has 96 valence electrons. The van der Waals surface area contributed by atoms with Crippen LogP contribution in [0, 0.1) is 13.8 Å². The minimum atomic E-state index is 0.608. The van der Waals surface area contributed by atoms with Crippen LogP contribution in [0.5, 0.6) is 0 Å².